The summed E-state index contributed by atoms with van der Waals surface area (Å²) in [5.41, 5.74) is 1.25. The maximum atomic E-state index is 11.9. The molecule has 1 amide bonds. The standard InChI is InChI=1S/C19H17N3O4/c1-13(18-21-22-19(26-18)15-10-6-3-7-11-15)25-16(23)12-20-17(24)14-8-4-2-5-9-14/h2-11,13H,12H2,1H3,(H,20,24)/t13-/m1/s1. The van der Waals surface area contributed by atoms with Crippen LogP contribution in [-0.2, 0) is 9.53 Å². The molecule has 0 unspecified atom stereocenters. The van der Waals surface area contributed by atoms with Crippen LogP contribution in [0.25, 0.3) is 11.5 Å². The second-order valence-electron chi connectivity index (χ2n) is 5.49. The van der Waals surface area contributed by atoms with E-state index in [1.54, 1.807) is 37.3 Å². The molecule has 0 aliphatic rings. The number of carbonyl (C=O) groups is 2. The number of esters is 1. The van der Waals surface area contributed by atoms with Gasteiger partial charge in [0, 0.05) is 11.1 Å². The van der Waals surface area contributed by atoms with Crippen molar-refractivity contribution >= 4 is 11.9 Å². The zero-order valence-electron chi connectivity index (χ0n) is 14.1. The van der Waals surface area contributed by atoms with E-state index in [1.807, 2.05) is 30.3 Å². The van der Waals surface area contributed by atoms with E-state index in [1.165, 1.54) is 0 Å². The molecule has 0 saturated heterocycles. The SMILES string of the molecule is C[C@@H](OC(=O)CNC(=O)c1ccccc1)c1nnc(-c2ccccc2)o1. The zero-order chi connectivity index (χ0) is 18.4. The second-order valence-corrected chi connectivity index (χ2v) is 5.49. The minimum Gasteiger partial charge on any atom is -0.451 e. The molecule has 7 heteroatoms. The fourth-order valence-corrected chi connectivity index (χ4v) is 2.23. The number of hydrogen-bond donors (Lipinski definition) is 1. The van der Waals surface area contributed by atoms with Crippen LogP contribution in [0.4, 0.5) is 0 Å². The van der Waals surface area contributed by atoms with E-state index in [4.69, 9.17) is 9.15 Å². The predicted molar refractivity (Wildman–Crippen MR) is 93.0 cm³/mol. The number of nitrogens with zero attached hydrogens (tertiary/aromatic N) is 2. The molecule has 2 aromatic carbocycles. The van der Waals surface area contributed by atoms with Gasteiger partial charge in [0.15, 0.2) is 6.10 Å². The van der Waals surface area contributed by atoms with Crippen LogP contribution in [0.15, 0.2) is 65.1 Å². The number of aromatic nitrogens is 2. The molecule has 1 heterocycles. The van der Waals surface area contributed by atoms with Gasteiger partial charge in [-0.3, -0.25) is 9.59 Å². The summed E-state index contributed by atoms with van der Waals surface area (Å²) in [6, 6.07) is 17.9. The van der Waals surface area contributed by atoms with Crippen molar-refractivity contribution in [3.63, 3.8) is 0 Å². The lowest BCUT2D eigenvalue weighted by atomic mass is 10.2. The summed E-state index contributed by atoms with van der Waals surface area (Å²) in [4.78, 5) is 23.8. The van der Waals surface area contributed by atoms with Crippen LogP contribution in [0.1, 0.15) is 29.3 Å². The molecule has 0 aliphatic carbocycles. The van der Waals surface area contributed by atoms with Crippen LogP contribution in [0.5, 0.6) is 0 Å². The average Bonchev–Trinajstić information content (AvgIpc) is 3.18. The quantitative estimate of drug-likeness (QED) is 0.686. The van der Waals surface area contributed by atoms with Crippen LogP contribution < -0.4 is 5.32 Å². The number of carbonyl (C=O) groups excluding carboxylic acids is 2. The highest BCUT2D eigenvalue weighted by Gasteiger charge is 2.19. The normalized spacial score (nSPS) is 11.6. The number of amides is 1. The maximum Gasteiger partial charge on any atom is 0.326 e. The number of hydrogen-bond acceptors (Lipinski definition) is 6. The van der Waals surface area contributed by atoms with E-state index in [2.05, 4.69) is 15.5 Å². The monoisotopic (exact) mass is 351 g/mol. The summed E-state index contributed by atoms with van der Waals surface area (Å²) in [5.74, 6) is -0.409. The molecule has 0 bridgehead atoms. The highest BCUT2D eigenvalue weighted by atomic mass is 16.6. The van der Waals surface area contributed by atoms with Gasteiger partial charge in [-0.2, -0.15) is 0 Å². The van der Waals surface area contributed by atoms with Crippen molar-refractivity contribution in [1.82, 2.24) is 15.5 Å². The molecule has 3 rings (SSSR count). The Kier molecular flexibility index (Phi) is 5.38. The van der Waals surface area contributed by atoms with Crippen molar-refractivity contribution in [2.45, 2.75) is 13.0 Å². The summed E-state index contributed by atoms with van der Waals surface area (Å²) in [6.07, 6.45) is -0.721. The molecule has 0 spiro atoms. The lowest BCUT2D eigenvalue weighted by molar-refractivity contribution is -0.148. The van der Waals surface area contributed by atoms with Crippen molar-refractivity contribution in [3.05, 3.63) is 72.1 Å². The van der Waals surface area contributed by atoms with Crippen molar-refractivity contribution < 1.29 is 18.7 Å². The van der Waals surface area contributed by atoms with Crippen LogP contribution >= 0.6 is 0 Å². The van der Waals surface area contributed by atoms with Crippen molar-refractivity contribution in [3.8, 4) is 11.5 Å². The smallest absolute Gasteiger partial charge is 0.326 e. The average molecular weight is 351 g/mol. The molecule has 0 fully saturated rings. The van der Waals surface area contributed by atoms with Gasteiger partial charge in [0.1, 0.15) is 6.54 Å². The largest absolute Gasteiger partial charge is 0.451 e. The van der Waals surface area contributed by atoms with E-state index >= 15 is 0 Å². The molecule has 7 nitrogen and oxygen atoms in total. The van der Waals surface area contributed by atoms with E-state index in [-0.39, 0.29) is 18.3 Å². The first-order chi connectivity index (χ1) is 12.6. The number of rotatable bonds is 6. The number of nitrogens with one attached hydrogen (secondary N) is 1. The summed E-state index contributed by atoms with van der Waals surface area (Å²) in [6.45, 7) is 1.37. The molecular formula is C19H17N3O4. The molecule has 0 saturated carbocycles. The van der Waals surface area contributed by atoms with Gasteiger partial charge < -0.3 is 14.5 Å². The van der Waals surface area contributed by atoms with Gasteiger partial charge in [0.25, 0.3) is 11.8 Å². The molecule has 1 aromatic heterocycles. The lowest BCUT2D eigenvalue weighted by Gasteiger charge is -2.10. The van der Waals surface area contributed by atoms with Gasteiger partial charge >= 0.3 is 5.97 Å². The first-order valence-corrected chi connectivity index (χ1v) is 8.05. The molecular weight excluding hydrogens is 334 g/mol. The summed E-state index contributed by atoms with van der Waals surface area (Å²) in [7, 11) is 0. The van der Waals surface area contributed by atoms with Crippen LogP contribution in [0.2, 0.25) is 0 Å². The summed E-state index contributed by atoms with van der Waals surface area (Å²) in [5, 5.41) is 10.4. The van der Waals surface area contributed by atoms with E-state index < -0.39 is 12.1 Å². The zero-order valence-corrected chi connectivity index (χ0v) is 14.1. The molecule has 26 heavy (non-hydrogen) atoms. The van der Waals surface area contributed by atoms with E-state index in [9.17, 15) is 9.59 Å². The van der Waals surface area contributed by atoms with Gasteiger partial charge in [0.2, 0.25) is 5.89 Å². The van der Waals surface area contributed by atoms with Crippen molar-refractivity contribution in [2.75, 3.05) is 6.54 Å². The third-order valence-corrected chi connectivity index (χ3v) is 3.55. The first-order valence-electron chi connectivity index (χ1n) is 8.05. The first kappa shape index (κ1) is 17.3. The molecule has 132 valence electrons. The summed E-state index contributed by atoms with van der Waals surface area (Å²) < 4.78 is 10.8. The Morgan fingerprint density at radius 1 is 1.04 bits per heavy atom. The van der Waals surface area contributed by atoms with Gasteiger partial charge in [-0.15, -0.1) is 10.2 Å². The topological polar surface area (TPSA) is 94.3 Å². The van der Waals surface area contributed by atoms with Crippen molar-refractivity contribution in [2.24, 2.45) is 0 Å². The van der Waals surface area contributed by atoms with Gasteiger partial charge in [-0.25, -0.2) is 0 Å². The van der Waals surface area contributed by atoms with Crippen LogP contribution in [0, 0.1) is 0 Å². The fourth-order valence-electron chi connectivity index (χ4n) is 2.23. The summed E-state index contributed by atoms with van der Waals surface area (Å²) >= 11 is 0. The molecule has 0 radical (unpaired) electrons. The minimum absolute atomic E-state index is 0.187. The Bertz CT molecular complexity index is 878. The van der Waals surface area contributed by atoms with E-state index in [0.29, 0.717) is 11.5 Å². The third kappa shape index (κ3) is 4.32. The Morgan fingerprint density at radius 3 is 2.38 bits per heavy atom. The third-order valence-electron chi connectivity index (χ3n) is 3.55. The lowest BCUT2D eigenvalue weighted by Crippen LogP contribution is -2.31. The van der Waals surface area contributed by atoms with Gasteiger partial charge in [0.05, 0.1) is 0 Å². The molecule has 3 aromatic rings. The molecule has 1 N–H and O–H groups in total. The number of ether oxygens (including phenoxy) is 1. The molecule has 0 aliphatic heterocycles. The van der Waals surface area contributed by atoms with Crippen molar-refractivity contribution in [1.29, 1.82) is 0 Å². The predicted octanol–water partition coefficient (Wildman–Crippen LogP) is 2.77. The Morgan fingerprint density at radius 2 is 1.69 bits per heavy atom. The Labute approximate surface area is 150 Å². The van der Waals surface area contributed by atoms with Gasteiger partial charge in [-0.1, -0.05) is 36.4 Å². The van der Waals surface area contributed by atoms with Crippen LogP contribution in [-0.4, -0.2) is 28.6 Å². The molecule has 1 atom stereocenters. The Hall–Kier alpha value is -3.48. The number of benzene rings is 2. The second kappa shape index (κ2) is 8.06. The van der Waals surface area contributed by atoms with Gasteiger partial charge in [-0.05, 0) is 31.2 Å². The maximum absolute atomic E-state index is 11.9. The highest BCUT2D eigenvalue weighted by molar-refractivity contribution is 5.95. The van der Waals surface area contributed by atoms with E-state index in [0.717, 1.165) is 5.56 Å². The van der Waals surface area contributed by atoms with Crippen LogP contribution in [0.3, 0.4) is 0 Å². The Balaban J connectivity index is 1.53. The highest BCUT2D eigenvalue weighted by Crippen LogP contribution is 2.21. The fraction of sp³-hybridized carbons (Fsp3) is 0.158. The minimum atomic E-state index is -0.721.